The van der Waals surface area contributed by atoms with Gasteiger partial charge in [-0.25, -0.2) is 13.2 Å². The van der Waals surface area contributed by atoms with Crippen molar-refractivity contribution in [2.45, 2.75) is 44.7 Å². The maximum atomic E-state index is 12.7. The van der Waals surface area contributed by atoms with Crippen LogP contribution in [-0.2, 0) is 23.0 Å². The van der Waals surface area contributed by atoms with Crippen molar-refractivity contribution in [3.05, 3.63) is 65.2 Å². The molecule has 3 rings (SSSR count). The van der Waals surface area contributed by atoms with Gasteiger partial charge in [0.25, 0.3) is 0 Å². The summed E-state index contributed by atoms with van der Waals surface area (Å²) in [7, 11) is -3.47. The van der Waals surface area contributed by atoms with Crippen molar-refractivity contribution in [2.75, 3.05) is 19.6 Å². The van der Waals surface area contributed by atoms with Crippen LogP contribution >= 0.6 is 0 Å². The minimum atomic E-state index is -3.47. The van der Waals surface area contributed by atoms with Gasteiger partial charge in [0.2, 0.25) is 10.0 Å². The molecule has 7 heteroatoms. The van der Waals surface area contributed by atoms with Gasteiger partial charge in [-0.3, -0.25) is 0 Å². The van der Waals surface area contributed by atoms with E-state index in [2.05, 4.69) is 17.4 Å². The van der Waals surface area contributed by atoms with E-state index in [1.807, 2.05) is 37.8 Å². The smallest absolute Gasteiger partial charge is 0.318 e. The Bertz CT molecular complexity index is 954. The van der Waals surface area contributed by atoms with Gasteiger partial charge in [0.15, 0.2) is 0 Å². The fourth-order valence-corrected chi connectivity index (χ4v) is 5.13. The zero-order valence-electron chi connectivity index (χ0n) is 17.3. The Morgan fingerprint density at radius 1 is 1.07 bits per heavy atom. The van der Waals surface area contributed by atoms with Crippen LogP contribution in [0.4, 0.5) is 4.79 Å². The van der Waals surface area contributed by atoms with E-state index in [0.717, 1.165) is 12.0 Å². The van der Waals surface area contributed by atoms with Crippen LogP contribution in [0, 0.1) is 0 Å². The zero-order valence-corrected chi connectivity index (χ0v) is 18.1. The predicted octanol–water partition coefficient (Wildman–Crippen LogP) is 3.55. The first-order valence-corrected chi connectivity index (χ1v) is 11.5. The number of amides is 2. The van der Waals surface area contributed by atoms with Crippen molar-refractivity contribution < 1.29 is 13.2 Å². The number of carbonyl (C=O) groups excluding carboxylic acids is 1. The quantitative estimate of drug-likeness (QED) is 0.784. The minimum absolute atomic E-state index is 0.105. The Morgan fingerprint density at radius 2 is 1.69 bits per heavy atom. The molecule has 6 nitrogen and oxygen atoms in total. The van der Waals surface area contributed by atoms with Gasteiger partial charge in [-0.2, -0.15) is 4.31 Å². The maximum absolute atomic E-state index is 12.7. The summed E-state index contributed by atoms with van der Waals surface area (Å²) in [5.74, 6) is 0. The van der Waals surface area contributed by atoms with Gasteiger partial charge in [0, 0.05) is 26.2 Å². The van der Waals surface area contributed by atoms with E-state index in [0.29, 0.717) is 26.2 Å². The number of hydrogen-bond acceptors (Lipinski definition) is 3. The molecule has 0 saturated heterocycles. The third kappa shape index (κ3) is 4.62. The van der Waals surface area contributed by atoms with Crippen molar-refractivity contribution in [2.24, 2.45) is 0 Å². The van der Waals surface area contributed by atoms with E-state index in [1.54, 1.807) is 24.3 Å². The van der Waals surface area contributed by atoms with Crippen LogP contribution in [-0.4, -0.2) is 43.3 Å². The number of sulfonamides is 1. The number of rotatable bonds is 6. The fourth-order valence-electron chi connectivity index (χ4n) is 3.67. The van der Waals surface area contributed by atoms with Crippen LogP contribution in [0.15, 0.2) is 53.4 Å². The number of nitrogens with zero attached hydrogens (tertiary/aromatic N) is 2. The lowest BCUT2D eigenvalue weighted by Gasteiger charge is -2.30. The lowest BCUT2D eigenvalue weighted by Crippen LogP contribution is -2.43. The number of nitrogens with one attached hydrogen (secondary N) is 1. The largest absolute Gasteiger partial charge is 0.331 e. The van der Waals surface area contributed by atoms with Crippen LogP contribution in [0.25, 0.3) is 0 Å². The lowest BCUT2D eigenvalue weighted by molar-refractivity contribution is 0.189. The molecule has 1 atom stereocenters. The van der Waals surface area contributed by atoms with E-state index in [1.165, 1.54) is 15.4 Å². The molecule has 0 fully saturated rings. The predicted molar refractivity (Wildman–Crippen MR) is 114 cm³/mol. The highest BCUT2D eigenvalue weighted by Crippen LogP contribution is 2.21. The molecule has 0 aliphatic carbocycles. The summed E-state index contributed by atoms with van der Waals surface area (Å²) in [5.41, 5.74) is 3.36. The second-order valence-corrected chi connectivity index (χ2v) is 9.21. The van der Waals surface area contributed by atoms with E-state index in [9.17, 15) is 13.2 Å². The molecule has 156 valence electrons. The van der Waals surface area contributed by atoms with Gasteiger partial charge in [-0.1, -0.05) is 50.2 Å². The van der Waals surface area contributed by atoms with E-state index in [-0.39, 0.29) is 17.0 Å². The first-order chi connectivity index (χ1) is 13.9. The molecule has 2 amide bonds. The Hall–Kier alpha value is -2.38. The topological polar surface area (TPSA) is 69.7 Å². The van der Waals surface area contributed by atoms with Gasteiger partial charge in [0.05, 0.1) is 10.9 Å². The number of fused-ring (bicyclic) bond motifs is 1. The molecule has 0 unspecified atom stereocenters. The summed E-state index contributed by atoms with van der Waals surface area (Å²) in [6.45, 7) is 7.73. The van der Waals surface area contributed by atoms with E-state index >= 15 is 0 Å². The van der Waals surface area contributed by atoms with Crippen LogP contribution in [0.3, 0.4) is 0 Å². The molecule has 2 aromatic carbocycles. The van der Waals surface area contributed by atoms with Crippen LogP contribution in [0.5, 0.6) is 0 Å². The highest BCUT2D eigenvalue weighted by Gasteiger charge is 2.23. The standard InChI is InChI=1S/C22H29N3O3S/c1-4-25(5-2)29(27,28)21-12-10-18(11-13-21)17(3)23-22(26)24-15-14-19-8-6-7-9-20(19)16-24/h6-13,17H,4-5,14-16H2,1-3H3,(H,23,26)/t17-/m0/s1. The van der Waals surface area contributed by atoms with Crippen LogP contribution in [0.1, 0.15) is 43.5 Å². The lowest BCUT2D eigenvalue weighted by atomic mass is 10.0. The van der Waals surface area contributed by atoms with Crippen molar-refractivity contribution in [1.29, 1.82) is 0 Å². The number of benzene rings is 2. The summed E-state index contributed by atoms with van der Waals surface area (Å²) in [6.07, 6.45) is 0.857. The van der Waals surface area contributed by atoms with Crippen molar-refractivity contribution in [1.82, 2.24) is 14.5 Å². The molecule has 0 aromatic heterocycles. The molecular weight excluding hydrogens is 386 g/mol. The first kappa shape index (κ1) is 21.3. The maximum Gasteiger partial charge on any atom is 0.318 e. The van der Waals surface area contributed by atoms with Crippen LogP contribution < -0.4 is 5.32 Å². The van der Waals surface area contributed by atoms with Gasteiger partial charge < -0.3 is 10.2 Å². The van der Waals surface area contributed by atoms with Gasteiger partial charge in [0.1, 0.15) is 0 Å². The Balaban J connectivity index is 1.65. The summed E-state index contributed by atoms with van der Waals surface area (Å²) in [5, 5.41) is 3.03. The third-order valence-corrected chi connectivity index (χ3v) is 7.55. The van der Waals surface area contributed by atoms with Gasteiger partial charge in [-0.15, -0.1) is 0 Å². The Kier molecular flexibility index (Phi) is 6.59. The Morgan fingerprint density at radius 3 is 2.31 bits per heavy atom. The van der Waals surface area contributed by atoms with Gasteiger partial charge in [-0.05, 0) is 42.2 Å². The summed E-state index contributed by atoms with van der Waals surface area (Å²) in [4.78, 5) is 14.8. The molecule has 0 bridgehead atoms. The summed E-state index contributed by atoms with van der Waals surface area (Å²) in [6, 6.07) is 14.6. The highest BCUT2D eigenvalue weighted by atomic mass is 32.2. The van der Waals surface area contributed by atoms with Crippen molar-refractivity contribution in [3.8, 4) is 0 Å². The molecule has 2 aromatic rings. The molecule has 1 N–H and O–H groups in total. The number of carbonyl (C=O) groups is 1. The molecule has 0 radical (unpaired) electrons. The molecule has 0 spiro atoms. The number of urea groups is 1. The average molecular weight is 416 g/mol. The normalized spacial score (nSPS) is 15.1. The Labute approximate surface area is 173 Å². The second kappa shape index (κ2) is 8.97. The second-order valence-electron chi connectivity index (χ2n) is 7.27. The fraction of sp³-hybridized carbons (Fsp3) is 0.409. The SMILES string of the molecule is CCN(CC)S(=O)(=O)c1ccc([C@H](C)NC(=O)N2CCc3ccccc3C2)cc1. The summed E-state index contributed by atoms with van der Waals surface area (Å²) >= 11 is 0. The van der Waals surface area contributed by atoms with Crippen molar-refractivity contribution in [3.63, 3.8) is 0 Å². The molecule has 1 aliphatic heterocycles. The summed E-state index contributed by atoms with van der Waals surface area (Å²) < 4.78 is 26.7. The monoisotopic (exact) mass is 415 g/mol. The minimum Gasteiger partial charge on any atom is -0.331 e. The molecule has 1 heterocycles. The number of hydrogen-bond donors (Lipinski definition) is 1. The molecule has 29 heavy (non-hydrogen) atoms. The average Bonchev–Trinajstić information content (AvgIpc) is 2.74. The van der Waals surface area contributed by atoms with E-state index in [4.69, 9.17) is 0 Å². The van der Waals surface area contributed by atoms with E-state index < -0.39 is 10.0 Å². The van der Waals surface area contributed by atoms with Crippen LogP contribution in [0.2, 0.25) is 0 Å². The van der Waals surface area contributed by atoms with Crippen molar-refractivity contribution >= 4 is 16.1 Å². The first-order valence-electron chi connectivity index (χ1n) is 10.1. The molecule has 0 saturated carbocycles. The molecular formula is C22H29N3O3S. The highest BCUT2D eigenvalue weighted by molar-refractivity contribution is 7.89. The third-order valence-electron chi connectivity index (χ3n) is 5.48. The molecule has 1 aliphatic rings. The zero-order chi connectivity index (χ0) is 21.0. The van der Waals surface area contributed by atoms with Gasteiger partial charge >= 0.3 is 6.03 Å².